The molecule has 2 aromatic heterocycles. The zero-order chi connectivity index (χ0) is 43.7. The Kier molecular flexibility index (Phi) is 7.75. The van der Waals surface area contributed by atoms with E-state index in [0.29, 0.717) is 0 Å². The second-order valence-corrected chi connectivity index (χ2v) is 19.1. The smallest absolute Gasteiger partial charge is 0.252 e. The van der Waals surface area contributed by atoms with Crippen LogP contribution in [0.4, 0.5) is 34.1 Å². The van der Waals surface area contributed by atoms with Gasteiger partial charge in [-0.1, -0.05) is 164 Å². The monoisotopic (exact) mass is 868 g/mol. The molecule has 3 nitrogen and oxygen atoms in total. The minimum Gasteiger partial charge on any atom is -0.456 e. The first-order chi connectivity index (χ1) is 33.2. The van der Waals surface area contributed by atoms with Crippen LogP contribution in [0.5, 0.6) is 0 Å². The Morgan fingerprint density at radius 2 is 0.836 bits per heavy atom. The van der Waals surface area contributed by atoms with Gasteiger partial charge in [-0.05, 0) is 109 Å². The Labute approximate surface area is 391 Å². The van der Waals surface area contributed by atoms with Crippen molar-refractivity contribution >= 4 is 132 Å². The quantitative estimate of drug-likeness (QED) is 0.164. The van der Waals surface area contributed by atoms with Crippen molar-refractivity contribution in [3.8, 4) is 22.3 Å². The SMILES string of the molecule is c1ccc(-c2cc3ccccc3cc2N2c3cc4oc5ccccc5c4cc3B3c4cc5c(cc4N(c4cc6ccccc6cc4-c4ccccc4)c4cccc2c43)sc2ccccc25)cc1. The number of fused-ring (bicyclic) bond motifs is 12. The van der Waals surface area contributed by atoms with E-state index in [0.717, 1.165) is 44.7 Å². The fraction of sp³-hybridized carbons (Fsp3) is 0. The van der Waals surface area contributed by atoms with Gasteiger partial charge in [-0.25, -0.2) is 0 Å². The maximum absolute atomic E-state index is 6.78. The molecular weight excluding hydrogens is 832 g/mol. The molecule has 11 aromatic carbocycles. The fourth-order valence-electron chi connectivity index (χ4n) is 11.4. The van der Waals surface area contributed by atoms with Crippen LogP contribution < -0.4 is 26.2 Å². The van der Waals surface area contributed by atoms with Gasteiger partial charge in [0.2, 0.25) is 0 Å². The molecule has 0 amide bonds. The van der Waals surface area contributed by atoms with Crippen molar-refractivity contribution in [2.45, 2.75) is 0 Å². The summed E-state index contributed by atoms with van der Waals surface area (Å²) in [7, 11) is 0. The van der Waals surface area contributed by atoms with Crippen molar-refractivity contribution in [3.63, 3.8) is 0 Å². The van der Waals surface area contributed by atoms with Crippen molar-refractivity contribution in [2.75, 3.05) is 9.80 Å². The highest BCUT2D eigenvalue weighted by molar-refractivity contribution is 7.26. The molecular formula is C62H37BN2OS. The summed E-state index contributed by atoms with van der Waals surface area (Å²) < 4.78 is 9.36. The van der Waals surface area contributed by atoms with Crippen LogP contribution in [0.1, 0.15) is 0 Å². The zero-order valence-electron chi connectivity index (χ0n) is 36.2. The number of thiophene rings is 1. The number of nitrogens with zero attached hydrogens (tertiary/aromatic N) is 2. The summed E-state index contributed by atoms with van der Waals surface area (Å²) in [6.45, 7) is -0.0916. The molecule has 0 aliphatic carbocycles. The third-order valence-corrected chi connectivity index (χ3v) is 15.5. The minimum atomic E-state index is -0.0916. The van der Waals surface area contributed by atoms with Crippen molar-refractivity contribution in [3.05, 3.63) is 224 Å². The van der Waals surface area contributed by atoms with Gasteiger partial charge in [-0.3, -0.25) is 0 Å². The number of hydrogen-bond donors (Lipinski definition) is 0. The van der Waals surface area contributed by atoms with Crippen LogP contribution in [-0.4, -0.2) is 6.71 Å². The predicted molar refractivity (Wildman–Crippen MR) is 287 cm³/mol. The van der Waals surface area contributed by atoms with Crippen LogP contribution in [0.15, 0.2) is 229 Å². The highest BCUT2D eigenvalue weighted by Crippen LogP contribution is 2.51. The summed E-state index contributed by atoms with van der Waals surface area (Å²) >= 11 is 1.88. The first-order valence-corrected chi connectivity index (χ1v) is 23.8. The molecule has 310 valence electrons. The molecule has 0 bridgehead atoms. The van der Waals surface area contributed by atoms with E-state index in [9.17, 15) is 0 Å². The summed E-state index contributed by atoms with van der Waals surface area (Å²) in [6, 6.07) is 83.1. The summed E-state index contributed by atoms with van der Waals surface area (Å²) in [5, 5.41) is 9.67. The zero-order valence-corrected chi connectivity index (χ0v) is 37.0. The molecule has 0 radical (unpaired) electrons. The summed E-state index contributed by atoms with van der Waals surface area (Å²) in [6.07, 6.45) is 0. The lowest BCUT2D eigenvalue weighted by Crippen LogP contribution is -2.61. The van der Waals surface area contributed by atoms with Crippen molar-refractivity contribution < 1.29 is 4.42 Å². The van der Waals surface area contributed by atoms with Gasteiger partial charge < -0.3 is 14.2 Å². The molecule has 0 saturated heterocycles. The van der Waals surface area contributed by atoms with E-state index < -0.39 is 0 Å². The topological polar surface area (TPSA) is 19.6 Å². The van der Waals surface area contributed by atoms with E-state index in [1.165, 1.54) is 91.7 Å². The van der Waals surface area contributed by atoms with E-state index in [-0.39, 0.29) is 6.71 Å². The largest absolute Gasteiger partial charge is 0.456 e. The summed E-state index contributed by atoms with van der Waals surface area (Å²) in [5.41, 5.74) is 17.3. The van der Waals surface area contributed by atoms with Gasteiger partial charge in [0, 0.05) is 65.5 Å². The van der Waals surface area contributed by atoms with Crippen LogP contribution in [-0.2, 0) is 0 Å². The molecule has 0 N–H and O–H groups in total. The first kappa shape index (κ1) is 36.9. The molecule has 0 atom stereocenters. The van der Waals surface area contributed by atoms with Crippen molar-refractivity contribution in [1.82, 2.24) is 0 Å². The number of anilines is 6. The Balaban J connectivity index is 1.11. The van der Waals surface area contributed by atoms with E-state index >= 15 is 0 Å². The van der Waals surface area contributed by atoms with E-state index in [2.05, 4.69) is 234 Å². The third kappa shape index (κ3) is 5.41. The first-order valence-electron chi connectivity index (χ1n) is 23.0. The fourth-order valence-corrected chi connectivity index (χ4v) is 12.5. The average Bonchev–Trinajstić information content (AvgIpc) is 3.94. The van der Waals surface area contributed by atoms with Crippen LogP contribution in [0.3, 0.4) is 0 Å². The second kappa shape index (κ2) is 14.1. The number of furan rings is 1. The molecule has 0 spiro atoms. The van der Waals surface area contributed by atoms with Gasteiger partial charge in [-0.2, -0.15) is 0 Å². The Hall–Kier alpha value is -8.38. The lowest BCUT2D eigenvalue weighted by atomic mass is 9.33. The molecule has 67 heavy (non-hydrogen) atoms. The highest BCUT2D eigenvalue weighted by atomic mass is 32.1. The van der Waals surface area contributed by atoms with E-state index in [4.69, 9.17) is 4.42 Å². The molecule has 0 unspecified atom stereocenters. The summed E-state index contributed by atoms with van der Waals surface area (Å²) in [4.78, 5) is 5.14. The molecule has 2 aliphatic heterocycles. The van der Waals surface area contributed by atoms with Gasteiger partial charge in [-0.15, -0.1) is 11.3 Å². The summed E-state index contributed by atoms with van der Waals surface area (Å²) in [5.74, 6) is 0. The number of benzene rings is 11. The number of para-hydroxylation sites is 1. The molecule has 0 saturated carbocycles. The highest BCUT2D eigenvalue weighted by Gasteiger charge is 2.45. The van der Waals surface area contributed by atoms with Gasteiger partial charge in [0.15, 0.2) is 0 Å². The maximum atomic E-state index is 6.78. The van der Waals surface area contributed by atoms with Crippen molar-refractivity contribution in [1.29, 1.82) is 0 Å². The minimum absolute atomic E-state index is 0.0916. The van der Waals surface area contributed by atoms with Crippen LogP contribution >= 0.6 is 11.3 Å². The molecule has 0 fully saturated rings. The van der Waals surface area contributed by atoms with Crippen LogP contribution in [0, 0.1) is 0 Å². The molecule has 13 aromatic rings. The molecule has 5 heteroatoms. The maximum Gasteiger partial charge on any atom is 0.252 e. The number of rotatable bonds is 4. The second-order valence-electron chi connectivity index (χ2n) is 18.0. The average molecular weight is 869 g/mol. The predicted octanol–water partition coefficient (Wildman–Crippen LogP) is 15.7. The van der Waals surface area contributed by atoms with Gasteiger partial charge in [0.1, 0.15) is 11.2 Å². The van der Waals surface area contributed by atoms with E-state index in [1.807, 2.05) is 11.3 Å². The van der Waals surface area contributed by atoms with Crippen molar-refractivity contribution in [2.24, 2.45) is 0 Å². The lowest BCUT2D eigenvalue weighted by Gasteiger charge is -2.45. The molecule has 4 heterocycles. The van der Waals surface area contributed by atoms with E-state index in [1.54, 1.807) is 0 Å². The van der Waals surface area contributed by atoms with Crippen LogP contribution in [0.25, 0.3) is 85.9 Å². The molecule has 2 aliphatic rings. The number of hydrogen-bond acceptors (Lipinski definition) is 4. The van der Waals surface area contributed by atoms with Crippen LogP contribution in [0.2, 0.25) is 0 Å². The standard InChI is InChI=1S/C62H37BN2OS/c1-3-16-38(17-4-1)46-30-40-20-7-9-22-42(40)32-54(46)64-52-26-15-27-53-62(52)63(50-34-48-44-24-11-13-28-58(44)66-59(48)36-56(50)64)51-35-49-45-25-12-14-29-60(45)67-61(49)37-57(51)65(53)55-33-43-23-10-8-21-41(43)31-47(55)39-18-5-2-6-19-39/h1-37H. The van der Waals surface area contributed by atoms with Gasteiger partial charge >= 0.3 is 0 Å². The molecule has 15 rings (SSSR count). The Bertz CT molecular complexity index is 3930. The Morgan fingerprint density at radius 1 is 0.328 bits per heavy atom. The normalized spacial score (nSPS) is 13.0. The lowest BCUT2D eigenvalue weighted by molar-refractivity contribution is 0.669. The van der Waals surface area contributed by atoms with Gasteiger partial charge in [0.05, 0.1) is 11.4 Å². The Morgan fingerprint density at radius 3 is 1.46 bits per heavy atom. The van der Waals surface area contributed by atoms with Gasteiger partial charge in [0.25, 0.3) is 6.71 Å². The third-order valence-electron chi connectivity index (χ3n) is 14.4.